The molecule has 3 aromatic heterocycles. The minimum Gasteiger partial charge on any atom is -0.403 e. The number of benzene rings is 2. The van der Waals surface area contributed by atoms with Gasteiger partial charge in [0, 0.05) is 18.7 Å². The maximum Gasteiger partial charge on any atom is 0.320 e. The lowest BCUT2D eigenvalue weighted by Crippen LogP contribution is -2.36. The summed E-state index contributed by atoms with van der Waals surface area (Å²) in [5, 5.41) is 12.4. The van der Waals surface area contributed by atoms with Crippen LogP contribution in [0.15, 0.2) is 59.1 Å². The van der Waals surface area contributed by atoms with E-state index in [-0.39, 0.29) is 6.01 Å². The van der Waals surface area contributed by atoms with Crippen molar-refractivity contribution in [3.63, 3.8) is 0 Å². The lowest BCUT2D eigenvalue weighted by Gasteiger charge is -2.27. The zero-order chi connectivity index (χ0) is 23.8. The molecular formula is C24H19Cl2N7O2. The molecule has 11 heteroatoms. The summed E-state index contributed by atoms with van der Waals surface area (Å²) in [5.74, 6) is 1.88. The highest BCUT2D eigenvalue weighted by atomic mass is 35.5. The van der Waals surface area contributed by atoms with E-state index in [9.17, 15) is 0 Å². The number of H-pyrrole nitrogens is 1. The van der Waals surface area contributed by atoms with Crippen molar-refractivity contribution in [2.24, 2.45) is 0 Å². The Kier molecular flexibility index (Phi) is 5.73. The predicted octanol–water partition coefficient (Wildman–Crippen LogP) is 5.56. The smallest absolute Gasteiger partial charge is 0.320 e. The van der Waals surface area contributed by atoms with Crippen LogP contribution in [0.3, 0.4) is 0 Å². The molecule has 5 aromatic rings. The van der Waals surface area contributed by atoms with Crippen molar-refractivity contribution in [3.05, 3.63) is 64.8 Å². The maximum atomic E-state index is 6.34. The number of ether oxygens (including phenoxy) is 1. The average Bonchev–Trinajstić information content (AvgIpc) is 3.51. The van der Waals surface area contributed by atoms with Crippen LogP contribution >= 0.6 is 23.2 Å². The molecule has 176 valence electrons. The Morgan fingerprint density at radius 3 is 2.57 bits per heavy atom. The van der Waals surface area contributed by atoms with Crippen LogP contribution < -0.4 is 10.2 Å². The zero-order valence-electron chi connectivity index (χ0n) is 18.3. The van der Waals surface area contributed by atoms with Gasteiger partial charge in [-0.25, -0.2) is 9.97 Å². The van der Waals surface area contributed by atoms with Crippen LogP contribution in [0.25, 0.3) is 33.9 Å². The van der Waals surface area contributed by atoms with Gasteiger partial charge in [0.15, 0.2) is 0 Å². The van der Waals surface area contributed by atoms with Crippen LogP contribution in [-0.2, 0) is 4.74 Å². The van der Waals surface area contributed by atoms with Crippen LogP contribution in [0.4, 0.5) is 17.5 Å². The minimum atomic E-state index is 0.272. The standard InChI is InChI=1S/C24H19Cl2N7O2/c25-16-2-1-3-17(26)21(16)22-29-18-6-4-14(12-19(18)30-22)23-31-32-24(35-23)28-15-5-7-20(27-13-15)33-8-10-34-11-9-33/h1-7,12-13H,8-11H2,(H,28,32)(H,29,30). The van der Waals surface area contributed by atoms with Gasteiger partial charge in [-0.15, -0.1) is 5.10 Å². The second kappa shape index (κ2) is 9.18. The Hall–Kier alpha value is -3.66. The zero-order valence-corrected chi connectivity index (χ0v) is 19.8. The second-order valence-corrected chi connectivity index (χ2v) is 8.77. The third kappa shape index (κ3) is 4.41. The van der Waals surface area contributed by atoms with Crippen LogP contribution in [0.2, 0.25) is 10.0 Å². The first kappa shape index (κ1) is 21.8. The van der Waals surface area contributed by atoms with Crippen LogP contribution in [0.1, 0.15) is 0 Å². The van der Waals surface area contributed by atoms with Crippen molar-refractivity contribution in [2.75, 3.05) is 36.5 Å². The van der Waals surface area contributed by atoms with Crippen molar-refractivity contribution >= 4 is 51.8 Å². The molecule has 1 aliphatic rings. The number of hydrogen-bond acceptors (Lipinski definition) is 8. The lowest BCUT2D eigenvalue weighted by atomic mass is 10.2. The Balaban J connectivity index is 1.21. The largest absolute Gasteiger partial charge is 0.403 e. The van der Waals surface area contributed by atoms with Gasteiger partial charge < -0.3 is 24.4 Å². The van der Waals surface area contributed by atoms with Crippen LogP contribution in [0, 0.1) is 0 Å². The molecule has 0 spiro atoms. The highest BCUT2D eigenvalue weighted by molar-refractivity contribution is 6.39. The van der Waals surface area contributed by atoms with E-state index in [4.69, 9.17) is 32.4 Å². The fourth-order valence-electron chi connectivity index (χ4n) is 3.94. The van der Waals surface area contributed by atoms with E-state index in [1.165, 1.54) is 0 Å². The molecule has 2 N–H and O–H groups in total. The number of morpholine rings is 1. The molecule has 9 nitrogen and oxygen atoms in total. The molecule has 1 saturated heterocycles. The molecule has 4 heterocycles. The first-order valence-corrected chi connectivity index (χ1v) is 11.7. The van der Waals surface area contributed by atoms with E-state index in [2.05, 4.69) is 35.4 Å². The minimum absolute atomic E-state index is 0.272. The van der Waals surface area contributed by atoms with Crippen LogP contribution in [0.5, 0.6) is 0 Å². The summed E-state index contributed by atoms with van der Waals surface area (Å²) < 4.78 is 11.2. The molecule has 6 rings (SSSR count). The first-order chi connectivity index (χ1) is 17.1. The molecule has 0 amide bonds. The molecule has 0 radical (unpaired) electrons. The van der Waals surface area contributed by atoms with Gasteiger partial charge in [0.2, 0.25) is 5.89 Å². The lowest BCUT2D eigenvalue weighted by molar-refractivity contribution is 0.122. The monoisotopic (exact) mass is 507 g/mol. The Bertz CT molecular complexity index is 1470. The van der Waals surface area contributed by atoms with Crippen molar-refractivity contribution < 1.29 is 9.15 Å². The summed E-state index contributed by atoms with van der Waals surface area (Å²) in [4.78, 5) is 14.6. The van der Waals surface area contributed by atoms with Crippen LogP contribution in [-0.4, -0.2) is 51.5 Å². The van der Waals surface area contributed by atoms with E-state index in [0.717, 1.165) is 41.2 Å². The summed E-state index contributed by atoms with van der Waals surface area (Å²) in [7, 11) is 0. The highest BCUT2D eigenvalue weighted by Crippen LogP contribution is 2.34. The third-order valence-electron chi connectivity index (χ3n) is 5.69. The van der Waals surface area contributed by atoms with Gasteiger partial charge in [-0.2, -0.15) is 0 Å². The second-order valence-electron chi connectivity index (χ2n) is 7.96. The normalized spacial score (nSPS) is 13.9. The van der Waals surface area contributed by atoms with E-state index < -0.39 is 0 Å². The molecule has 0 atom stereocenters. The highest BCUT2D eigenvalue weighted by Gasteiger charge is 2.16. The Morgan fingerprint density at radius 1 is 0.971 bits per heavy atom. The maximum absolute atomic E-state index is 6.34. The molecule has 0 aliphatic carbocycles. The number of hydrogen-bond donors (Lipinski definition) is 2. The number of imidazole rings is 1. The molecule has 0 bridgehead atoms. The number of halogens is 2. The van der Waals surface area contributed by atoms with E-state index in [0.29, 0.717) is 40.5 Å². The predicted molar refractivity (Wildman–Crippen MR) is 135 cm³/mol. The number of rotatable bonds is 5. The fourth-order valence-corrected chi connectivity index (χ4v) is 4.51. The topological polar surface area (TPSA) is 105 Å². The van der Waals surface area contributed by atoms with Gasteiger partial charge >= 0.3 is 6.01 Å². The van der Waals surface area contributed by atoms with Gasteiger partial charge in [-0.3, -0.25) is 0 Å². The Morgan fingerprint density at radius 2 is 1.80 bits per heavy atom. The molecule has 35 heavy (non-hydrogen) atoms. The Labute approximate surface area is 210 Å². The SMILES string of the molecule is Clc1cccc(Cl)c1-c1nc2ccc(-c3nnc(Nc4ccc(N5CCOCC5)nc4)o3)cc2[nH]1. The third-order valence-corrected chi connectivity index (χ3v) is 6.32. The quantitative estimate of drug-likeness (QED) is 0.318. The number of nitrogens with zero attached hydrogens (tertiary/aromatic N) is 5. The van der Waals surface area contributed by atoms with Gasteiger partial charge in [0.1, 0.15) is 11.6 Å². The number of nitrogens with one attached hydrogen (secondary N) is 2. The van der Waals surface area contributed by atoms with Crippen molar-refractivity contribution in [1.29, 1.82) is 0 Å². The molecular weight excluding hydrogens is 489 g/mol. The van der Waals surface area contributed by atoms with E-state index in [1.807, 2.05) is 30.3 Å². The van der Waals surface area contributed by atoms with E-state index >= 15 is 0 Å². The molecule has 0 unspecified atom stereocenters. The number of fused-ring (bicyclic) bond motifs is 1. The number of pyridine rings is 1. The van der Waals surface area contributed by atoms with Gasteiger partial charge in [0.05, 0.1) is 51.7 Å². The summed E-state index contributed by atoms with van der Waals surface area (Å²) in [6, 6.07) is 15.2. The molecule has 1 fully saturated rings. The summed E-state index contributed by atoms with van der Waals surface area (Å²) >= 11 is 12.7. The van der Waals surface area contributed by atoms with Gasteiger partial charge in [-0.05, 0) is 42.5 Å². The van der Waals surface area contributed by atoms with E-state index in [1.54, 1.807) is 24.4 Å². The van der Waals surface area contributed by atoms with Crippen molar-refractivity contribution in [3.8, 4) is 22.8 Å². The molecule has 2 aromatic carbocycles. The summed E-state index contributed by atoms with van der Waals surface area (Å²) in [5.41, 5.74) is 3.72. The summed E-state index contributed by atoms with van der Waals surface area (Å²) in [6.45, 7) is 3.10. The number of anilines is 3. The van der Waals surface area contributed by atoms with Gasteiger partial charge in [0.25, 0.3) is 0 Å². The van der Waals surface area contributed by atoms with Crippen molar-refractivity contribution in [2.45, 2.75) is 0 Å². The first-order valence-electron chi connectivity index (χ1n) is 11.0. The average molecular weight is 508 g/mol. The van der Waals surface area contributed by atoms with Gasteiger partial charge in [-0.1, -0.05) is 34.4 Å². The van der Waals surface area contributed by atoms with Crippen molar-refractivity contribution in [1.82, 2.24) is 25.1 Å². The number of aromatic nitrogens is 5. The number of aromatic amines is 1. The summed E-state index contributed by atoms with van der Waals surface area (Å²) in [6.07, 6.45) is 1.74. The molecule has 1 aliphatic heterocycles. The fraction of sp³-hybridized carbons (Fsp3) is 0.167. The molecule has 0 saturated carbocycles.